The molecule has 0 saturated heterocycles. The van der Waals surface area contributed by atoms with Crippen LogP contribution in [0.5, 0.6) is 0 Å². The van der Waals surface area contributed by atoms with Gasteiger partial charge in [-0.15, -0.1) is 0 Å². The maximum atomic E-state index is 12.3. The first-order valence-electron chi connectivity index (χ1n) is 7.74. The molecule has 1 aromatic heterocycles. The molecule has 0 spiro atoms. The van der Waals surface area contributed by atoms with Crippen LogP contribution < -0.4 is 5.32 Å². The molecular formula is C18H18N2O5. The average Bonchev–Trinajstić information content (AvgIpc) is 2.60. The minimum absolute atomic E-state index is 0.0481. The van der Waals surface area contributed by atoms with Gasteiger partial charge in [0.1, 0.15) is 11.7 Å². The van der Waals surface area contributed by atoms with E-state index < -0.39 is 23.9 Å². The van der Waals surface area contributed by atoms with Crippen LogP contribution in [0, 0.1) is 0 Å². The Labute approximate surface area is 144 Å². The van der Waals surface area contributed by atoms with Crippen LogP contribution in [0.25, 0.3) is 10.9 Å². The van der Waals surface area contributed by atoms with Gasteiger partial charge < -0.3 is 15.2 Å². The lowest BCUT2D eigenvalue weighted by molar-refractivity contribution is -0.139. The average molecular weight is 342 g/mol. The van der Waals surface area contributed by atoms with E-state index in [1.165, 1.54) is 12.1 Å². The first kappa shape index (κ1) is 18.1. The van der Waals surface area contributed by atoms with Gasteiger partial charge in [0.25, 0.3) is 5.91 Å². The number of esters is 1. The first-order valence-corrected chi connectivity index (χ1v) is 7.74. The Morgan fingerprint density at radius 1 is 1.24 bits per heavy atom. The Morgan fingerprint density at radius 2 is 2.00 bits per heavy atom. The van der Waals surface area contributed by atoms with Crippen LogP contribution in [0.15, 0.2) is 48.6 Å². The maximum Gasteiger partial charge on any atom is 0.330 e. The number of nitrogens with one attached hydrogen (secondary N) is 1. The van der Waals surface area contributed by atoms with Crippen LogP contribution in [0.4, 0.5) is 0 Å². The normalized spacial score (nSPS) is 12.0. The summed E-state index contributed by atoms with van der Waals surface area (Å²) in [5.74, 6) is -2.36. The van der Waals surface area contributed by atoms with Crippen molar-refractivity contribution < 1.29 is 24.2 Å². The van der Waals surface area contributed by atoms with Crippen molar-refractivity contribution >= 4 is 28.7 Å². The lowest BCUT2D eigenvalue weighted by atomic mass is 10.1. The van der Waals surface area contributed by atoms with E-state index >= 15 is 0 Å². The van der Waals surface area contributed by atoms with Gasteiger partial charge in [0, 0.05) is 11.5 Å². The topological polar surface area (TPSA) is 106 Å². The quantitative estimate of drug-likeness (QED) is 0.588. The molecule has 2 rings (SSSR count). The van der Waals surface area contributed by atoms with Gasteiger partial charge in [-0.3, -0.25) is 4.79 Å². The summed E-state index contributed by atoms with van der Waals surface area (Å²) in [6.07, 6.45) is 2.44. The third-order valence-electron chi connectivity index (χ3n) is 3.35. The number of ether oxygens (including phenoxy) is 1. The van der Waals surface area contributed by atoms with E-state index in [-0.39, 0.29) is 18.7 Å². The molecule has 1 amide bonds. The molecule has 1 heterocycles. The highest BCUT2D eigenvalue weighted by Crippen LogP contribution is 2.12. The monoisotopic (exact) mass is 342 g/mol. The van der Waals surface area contributed by atoms with Gasteiger partial charge in [-0.05, 0) is 25.5 Å². The number of carboxylic acid groups (broad SMARTS) is 1. The summed E-state index contributed by atoms with van der Waals surface area (Å²) >= 11 is 0. The molecule has 130 valence electrons. The molecule has 0 unspecified atom stereocenters. The molecule has 7 nitrogen and oxygen atoms in total. The second-order valence-electron chi connectivity index (χ2n) is 5.14. The van der Waals surface area contributed by atoms with Crippen molar-refractivity contribution in [2.75, 3.05) is 6.61 Å². The lowest BCUT2D eigenvalue weighted by Crippen LogP contribution is -2.40. The number of hydrogen-bond acceptors (Lipinski definition) is 5. The van der Waals surface area contributed by atoms with Crippen LogP contribution >= 0.6 is 0 Å². The standard InChI is InChI=1S/C18H18N2O5/c1-2-25-16(21)9-5-8-15(18(23)24)20-17(22)14-11-10-12-6-3-4-7-13(12)19-14/h3-7,9-11,15H,2,8H2,1H3,(H,20,22)(H,23,24)/b9-5+/t15-/m0/s1. The number of benzene rings is 1. The summed E-state index contributed by atoms with van der Waals surface area (Å²) in [4.78, 5) is 39.0. The zero-order valence-electron chi connectivity index (χ0n) is 13.6. The van der Waals surface area contributed by atoms with E-state index in [1.54, 1.807) is 25.1 Å². The van der Waals surface area contributed by atoms with E-state index in [1.807, 2.05) is 12.1 Å². The Hall–Kier alpha value is -3.22. The summed E-state index contributed by atoms with van der Waals surface area (Å²) < 4.78 is 4.70. The molecule has 1 aromatic carbocycles. The fourth-order valence-corrected chi connectivity index (χ4v) is 2.14. The van der Waals surface area contributed by atoms with Crippen molar-refractivity contribution in [1.82, 2.24) is 10.3 Å². The molecule has 25 heavy (non-hydrogen) atoms. The minimum atomic E-state index is -1.21. The number of carboxylic acids is 1. The molecule has 0 aliphatic carbocycles. The Balaban J connectivity index is 2.05. The van der Waals surface area contributed by atoms with Crippen LogP contribution in [-0.4, -0.2) is 40.6 Å². The third kappa shape index (κ3) is 5.13. The van der Waals surface area contributed by atoms with Crippen molar-refractivity contribution in [2.45, 2.75) is 19.4 Å². The number of carbonyl (C=O) groups is 3. The van der Waals surface area contributed by atoms with E-state index in [4.69, 9.17) is 4.74 Å². The van der Waals surface area contributed by atoms with Crippen LogP contribution in [-0.2, 0) is 14.3 Å². The Kier molecular flexibility index (Phi) is 6.22. The number of para-hydroxylation sites is 1. The maximum absolute atomic E-state index is 12.3. The number of carbonyl (C=O) groups excluding carboxylic acids is 2. The second-order valence-corrected chi connectivity index (χ2v) is 5.14. The van der Waals surface area contributed by atoms with Crippen molar-refractivity contribution in [3.05, 3.63) is 54.2 Å². The number of fused-ring (bicyclic) bond motifs is 1. The first-order chi connectivity index (χ1) is 12.0. The fourth-order valence-electron chi connectivity index (χ4n) is 2.14. The summed E-state index contributed by atoms with van der Waals surface area (Å²) in [5, 5.41) is 12.5. The predicted molar refractivity (Wildman–Crippen MR) is 91.0 cm³/mol. The van der Waals surface area contributed by atoms with Crippen molar-refractivity contribution in [3.8, 4) is 0 Å². The molecule has 0 saturated carbocycles. The highest BCUT2D eigenvalue weighted by molar-refractivity contribution is 5.97. The smallest absolute Gasteiger partial charge is 0.330 e. The van der Waals surface area contributed by atoms with E-state index in [0.717, 1.165) is 11.5 Å². The number of rotatable bonds is 7. The highest BCUT2D eigenvalue weighted by atomic mass is 16.5. The summed E-state index contributed by atoms with van der Waals surface area (Å²) in [6.45, 7) is 1.90. The number of aromatic nitrogens is 1. The zero-order chi connectivity index (χ0) is 18.2. The molecule has 0 fully saturated rings. The number of nitrogens with zero attached hydrogens (tertiary/aromatic N) is 1. The van der Waals surface area contributed by atoms with Crippen molar-refractivity contribution in [1.29, 1.82) is 0 Å². The van der Waals surface area contributed by atoms with Gasteiger partial charge in [-0.1, -0.05) is 30.3 Å². The van der Waals surface area contributed by atoms with Crippen LogP contribution in [0.3, 0.4) is 0 Å². The van der Waals surface area contributed by atoms with Crippen molar-refractivity contribution in [2.24, 2.45) is 0 Å². The predicted octanol–water partition coefficient (Wildman–Crippen LogP) is 1.93. The van der Waals surface area contributed by atoms with Gasteiger partial charge in [-0.2, -0.15) is 0 Å². The van der Waals surface area contributed by atoms with E-state index in [9.17, 15) is 19.5 Å². The zero-order valence-corrected chi connectivity index (χ0v) is 13.6. The van der Waals surface area contributed by atoms with Gasteiger partial charge in [-0.25, -0.2) is 14.6 Å². The molecule has 2 N–H and O–H groups in total. The molecule has 2 aromatic rings. The van der Waals surface area contributed by atoms with Gasteiger partial charge in [0.05, 0.1) is 12.1 Å². The van der Waals surface area contributed by atoms with Crippen LogP contribution in [0.1, 0.15) is 23.8 Å². The van der Waals surface area contributed by atoms with Crippen molar-refractivity contribution in [3.63, 3.8) is 0 Å². The summed E-state index contributed by atoms with van der Waals surface area (Å²) in [7, 11) is 0. The molecule has 0 aliphatic heterocycles. The second kappa shape index (κ2) is 8.58. The molecule has 0 radical (unpaired) electrons. The fraction of sp³-hybridized carbons (Fsp3) is 0.222. The summed E-state index contributed by atoms with van der Waals surface area (Å²) in [6, 6.07) is 9.40. The van der Waals surface area contributed by atoms with Gasteiger partial charge >= 0.3 is 11.9 Å². The van der Waals surface area contributed by atoms with Gasteiger partial charge in [0.15, 0.2) is 0 Å². The minimum Gasteiger partial charge on any atom is -0.480 e. The van der Waals surface area contributed by atoms with Crippen LogP contribution in [0.2, 0.25) is 0 Å². The largest absolute Gasteiger partial charge is 0.480 e. The summed E-state index contributed by atoms with van der Waals surface area (Å²) in [5.41, 5.74) is 0.767. The molecular weight excluding hydrogens is 324 g/mol. The molecule has 7 heteroatoms. The van der Waals surface area contributed by atoms with E-state index in [0.29, 0.717) is 5.52 Å². The highest BCUT2D eigenvalue weighted by Gasteiger charge is 2.20. The number of aliphatic carboxylic acids is 1. The number of amides is 1. The lowest BCUT2D eigenvalue weighted by Gasteiger charge is -2.12. The Bertz CT molecular complexity index is 816. The Morgan fingerprint density at radius 3 is 2.72 bits per heavy atom. The molecule has 0 aliphatic rings. The molecule has 1 atom stereocenters. The SMILES string of the molecule is CCOC(=O)/C=C/C[C@H](NC(=O)c1ccc2ccccc2n1)C(=O)O. The molecule has 0 bridgehead atoms. The van der Waals surface area contributed by atoms with E-state index in [2.05, 4.69) is 10.3 Å². The number of pyridine rings is 1. The third-order valence-corrected chi connectivity index (χ3v) is 3.35. The van der Waals surface area contributed by atoms with Gasteiger partial charge in [0.2, 0.25) is 0 Å². The number of hydrogen-bond donors (Lipinski definition) is 2.